The summed E-state index contributed by atoms with van der Waals surface area (Å²) in [6.07, 6.45) is 0.855. The molecule has 2 rings (SSSR count). The van der Waals surface area contributed by atoms with Crippen LogP contribution in [0.1, 0.15) is 29.8 Å². The molecule has 0 aliphatic carbocycles. The first-order chi connectivity index (χ1) is 8.99. The van der Waals surface area contributed by atoms with Crippen LogP contribution in [0.15, 0.2) is 18.2 Å². The Labute approximate surface area is 118 Å². The van der Waals surface area contributed by atoms with Crippen molar-refractivity contribution in [3.8, 4) is 5.75 Å². The number of amides is 1. The van der Waals surface area contributed by atoms with Crippen LogP contribution in [0.3, 0.4) is 0 Å². The van der Waals surface area contributed by atoms with E-state index in [1.54, 1.807) is 11.0 Å². The minimum Gasteiger partial charge on any atom is -0.493 e. The summed E-state index contributed by atoms with van der Waals surface area (Å²) in [5.41, 5.74) is 7.30. The summed E-state index contributed by atoms with van der Waals surface area (Å²) in [5.74, 6) is 0.833. The van der Waals surface area contributed by atoms with Crippen molar-refractivity contribution in [1.29, 1.82) is 0 Å². The van der Waals surface area contributed by atoms with E-state index in [1.807, 2.05) is 26.0 Å². The Bertz CT molecular complexity index is 514. The van der Waals surface area contributed by atoms with Gasteiger partial charge < -0.3 is 15.4 Å². The Hall–Kier alpha value is -1.62. The summed E-state index contributed by atoms with van der Waals surface area (Å²) >= 11 is 4.90. The van der Waals surface area contributed by atoms with Crippen LogP contribution in [-0.4, -0.2) is 35.0 Å². The average molecular weight is 278 g/mol. The number of nitrogens with zero attached hydrogens (tertiary/aromatic N) is 1. The number of carbonyl (C=O) groups is 1. The summed E-state index contributed by atoms with van der Waals surface area (Å²) in [5, 5.41) is 0. The van der Waals surface area contributed by atoms with Gasteiger partial charge in [-0.25, -0.2) is 0 Å². The predicted octanol–water partition coefficient (Wildman–Crippen LogP) is 1.76. The highest BCUT2D eigenvalue weighted by molar-refractivity contribution is 7.80. The van der Waals surface area contributed by atoms with Crippen LogP contribution < -0.4 is 10.5 Å². The van der Waals surface area contributed by atoms with Crippen molar-refractivity contribution < 1.29 is 9.53 Å². The number of carbonyl (C=O) groups excluding carboxylic acids is 1. The van der Waals surface area contributed by atoms with Gasteiger partial charge in [0.25, 0.3) is 5.91 Å². The molecular formula is C14H18N2O2S. The van der Waals surface area contributed by atoms with Gasteiger partial charge in [0.15, 0.2) is 0 Å². The average Bonchev–Trinajstić information content (AvgIpc) is 2.81. The third-order valence-electron chi connectivity index (χ3n) is 3.15. The number of nitrogens with two attached hydrogens (primary N) is 1. The molecule has 1 amide bonds. The zero-order chi connectivity index (χ0) is 14.0. The quantitative estimate of drug-likeness (QED) is 0.853. The molecule has 5 heteroatoms. The maximum Gasteiger partial charge on any atom is 0.254 e. The highest BCUT2D eigenvalue weighted by Crippen LogP contribution is 2.26. The Morgan fingerprint density at radius 1 is 1.53 bits per heavy atom. The second kappa shape index (κ2) is 5.57. The number of fused-ring (bicyclic) bond motifs is 1. The van der Waals surface area contributed by atoms with E-state index in [0.29, 0.717) is 23.7 Å². The molecule has 19 heavy (non-hydrogen) atoms. The molecule has 0 unspecified atom stereocenters. The molecule has 0 saturated carbocycles. The summed E-state index contributed by atoms with van der Waals surface area (Å²) in [6.45, 7) is 4.90. The van der Waals surface area contributed by atoms with E-state index >= 15 is 0 Å². The van der Waals surface area contributed by atoms with Crippen LogP contribution in [-0.2, 0) is 6.42 Å². The maximum absolute atomic E-state index is 12.5. The molecule has 4 nitrogen and oxygen atoms in total. The number of hydrogen-bond acceptors (Lipinski definition) is 3. The first-order valence-electron chi connectivity index (χ1n) is 6.34. The molecular weight excluding hydrogens is 260 g/mol. The molecule has 0 fully saturated rings. The summed E-state index contributed by atoms with van der Waals surface area (Å²) in [7, 11) is 0. The molecule has 0 aromatic heterocycles. The summed E-state index contributed by atoms with van der Waals surface area (Å²) < 4.78 is 5.44. The molecule has 1 aromatic carbocycles. The van der Waals surface area contributed by atoms with Crippen molar-refractivity contribution in [3.63, 3.8) is 0 Å². The van der Waals surface area contributed by atoms with E-state index in [2.05, 4.69) is 0 Å². The van der Waals surface area contributed by atoms with E-state index in [1.165, 1.54) is 0 Å². The fraction of sp³-hybridized carbons (Fsp3) is 0.429. The first-order valence-corrected chi connectivity index (χ1v) is 6.75. The zero-order valence-electron chi connectivity index (χ0n) is 11.2. The Kier molecular flexibility index (Phi) is 4.04. The number of ether oxygens (including phenoxy) is 1. The van der Waals surface area contributed by atoms with Gasteiger partial charge in [-0.2, -0.15) is 0 Å². The molecule has 0 bridgehead atoms. The van der Waals surface area contributed by atoms with Crippen molar-refractivity contribution in [3.05, 3.63) is 29.3 Å². The molecule has 1 aliphatic rings. The van der Waals surface area contributed by atoms with Gasteiger partial charge in [-0.3, -0.25) is 4.79 Å². The normalized spacial score (nSPS) is 13.0. The predicted molar refractivity (Wildman–Crippen MR) is 78.6 cm³/mol. The Morgan fingerprint density at radius 2 is 2.26 bits per heavy atom. The third kappa shape index (κ3) is 3.04. The van der Waals surface area contributed by atoms with E-state index in [9.17, 15) is 4.79 Å². The van der Waals surface area contributed by atoms with Crippen LogP contribution in [0.5, 0.6) is 5.75 Å². The molecule has 102 valence electrons. The number of benzene rings is 1. The Balaban J connectivity index is 2.24. The molecule has 0 radical (unpaired) electrons. The summed E-state index contributed by atoms with van der Waals surface area (Å²) in [4.78, 5) is 14.5. The van der Waals surface area contributed by atoms with Crippen molar-refractivity contribution in [2.45, 2.75) is 26.3 Å². The number of rotatable bonds is 4. The van der Waals surface area contributed by atoms with E-state index in [4.69, 9.17) is 22.7 Å². The van der Waals surface area contributed by atoms with Gasteiger partial charge >= 0.3 is 0 Å². The highest BCUT2D eigenvalue weighted by atomic mass is 32.1. The van der Waals surface area contributed by atoms with Gasteiger partial charge in [-0.15, -0.1) is 0 Å². The van der Waals surface area contributed by atoms with Gasteiger partial charge in [0, 0.05) is 18.0 Å². The monoisotopic (exact) mass is 278 g/mol. The van der Waals surface area contributed by atoms with Crippen LogP contribution in [0.2, 0.25) is 0 Å². The fourth-order valence-electron chi connectivity index (χ4n) is 2.14. The smallest absolute Gasteiger partial charge is 0.254 e. The topological polar surface area (TPSA) is 55.6 Å². The van der Waals surface area contributed by atoms with E-state index in [-0.39, 0.29) is 11.9 Å². The van der Waals surface area contributed by atoms with Gasteiger partial charge in [0.2, 0.25) is 0 Å². The van der Waals surface area contributed by atoms with Crippen LogP contribution in [0, 0.1) is 0 Å². The van der Waals surface area contributed by atoms with Crippen molar-refractivity contribution in [2.24, 2.45) is 5.73 Å². The lowest BCUT2D eigenvalue weighted by molar-refractivity contribution is 0.0736. The molecule has 0 saturated heterocycles. The largest absolute Gasteiger partial charge is 0.493 e. The third-order valence-corrected chi connectivity index (χ3v) is 3.28. The van der Waals surface area contributed by atoms with E-state index in [0.717, 1.165) is 17.7 Å². The van der Waals surface area contributed by atoms with Gasteiger partial charge in [-0.1, -0.05) is 12.2 Å². The molecule has 1 aromatic rings. The van der Waals surface area contributed by atoms with Crippen molar-refractivity contribution in [1.82, 2.24) is 4.90 Å². The lowest BCUT2D eigenvalue weighted by atomic mass is 10.1. The first kappa shape index (κ1) is 13.8. The molecule has 0 atom stereocenters. The molecule has 0 spiro atoms. The fourth-order valence-corrected chi connectivity index (χ4v) is 2.28. The van der Waals surface area contributed by atoms with Gasteiger partial charge in [0.05, 0.1) is 18.1 Å². The molecule has 2 N–H and O–H groups in total. The van der Waals surface area contributed by atoms with Crippen LogP contribution in [0.25, 0.3) is 0 Å². The van der Waals surface area contributed by atoms with Crippen molar-refractivity contribution in [2.75, 3.05) is 13.2 Å². The zero-order valence-corrected chi connectivity index (χ0v) is 12.0. The van der Waals surface area contributed by atoms with Crippen molar-refractivity contribution >= 4 is 23.1 Å². The minimum atomic E-state index is -0.0440. The summed E-state index contributed by atoms with van der Waals surface area (Å²) in [6, 6.07) is 5.61. The second-order valence-corrected chi connectivity index (χ2v) is 5.44. The minimum absolute atomic E-state index is 0.0440. The number of hydrogen-bond donors (Lipinski definition) is 1. The molecule has 1 heterocycles. The van der Waals surface area contributed by atoms with E-state index < -0.39 is 0 Å². The lowest BCUT2D eigenvalue weighted by Gasteiger charge is -2.26. The highest BCUT2D eigenvalue weighted by Gasteiger charge is 2.21. The van der Waals surface area contributed by atoms with Crippen LogP contribution >= 0.6 is 12.2 Å². The van der Waals surface area contributed by atoms with Crippen LogP contribution in [0.4, 0.5) is 0 Å². The second-order valence-electron chi connectivity index (χ2n) is 4.91. The molecule has 1 aliphatic heterocycles. The maximum atomic E-state index is 12.5. The van der Waals surface area contributed by atoms with Gasteiger partial charge in [-0.05, 0) is 37.6 Å². The van der Waals surface area contributed by atoms with Gasteiger partial charge in [0.1, 0.15) is 5.75 Å². The Morgan fingerprint density at radius 3 is 2.89 bits per heavy atom. The number of thiocarbonyl (C=S) groups is 1. The SMILES string of the molecule is CC(C)N(CC(N)=S)C(=O)c1ccc2c(c1)CCO2. The standard InChI is InChI=1S/C14H18N2O2S/c1-9(2)16(8-13(15)19)14(17)11-3-4-12-10(7-11)5-6-18-12/h3-4,7,9H,5-6,8H2,1-2H3,(H2,15,19). The lowest BCUT2D eigenvalue weighted by Crippen LogP contribution is -2.42.